The Morgan fingerprint density at radius 3 is 2.73 bits per heavy atom. The van der Waals surface area contributed by atoms with E-state index in [9.17, 15) is 0 Å². The van der Waals surface area contributed by atoms with Gasteiger partial charge in [-0.1, -0.05) is 61.6 Å². The molecule has 3 heteroatoms. The number of aromatic nitrogens is 3. The molecular formula is C27H27N3. The van der Waals surface area contributed by atoms with Crippen LogP contribution in [0.1, 0.15) is 48.3 Å². The van der Waals surface area contributed by atoms with Gasteiger partial charge >= 0.3 is 0 Å². The molecule has 0 fully saturated rings. The Bertz CT molecular complexity index is 1280. The maximum Gasteiger partial charge on any atom is 0.109 e. The van der Waals surface area contributed by atoms with Gasteiger partial charge in [-0.3, -0.25) is 4.98 Å². The van der Waals surface area contributed by atoms with Gasteiger partial charge in [0, 0.05) is 36.0 Å². The minimum Gasteiger partial charge on any atom is -0.331 e. The molecule has 0 saturated heterocycles. The number of rotatable bonds is 5. The van der Waals surface area contributed by atoms with Crippen LogP contribution in [0.25, 0.3) is 28.0 Å². The first kappa shape index (κ1) is 18.8. The van der Waals surface area contributed by atoms with E-state index in [0.29, 0.717) is 5.92 Å². The van der Waals surface area contributed by atoms with Crippen LogP contribution in [-0.2, 0) is 19.9 Å². The summed E-state index contributed by atoms with van der Waals surface area (Å²) in [4.78, 5) is 9.89. The average Bonchev–Trinajstić information content (AvgIpc) is 2.96. The molecule has 5 rings (SSSR count). The van der Waals surface area contributed by atoms with Gasteiger partial charge in [0.25, 0.3) is 0 Å². The summed E-state index contributed by atoms with van der Waals surface area (Å²) in [6.45, 7) is 2.25. The summed E-state index contributed by atoms with van der Waals surface area (Å²) in [5.41, 5.74) is 7.25. The topological polar surface area (TPSA) is 30.7 Å². The van der Waals surface area contributed by atoms with Crippen LogP contribution in [-0.4, -0.2) is 14.5 Å². The molecule has 0 aliphatic heterocycles. The Kier molecular flexibility index (Phi) is 4.96. The lowest BCUT2D eigenvalue weighted by Gasteiger charge is -2.13. The summed E-state index contributed by atoms with van der Waals surface area (Å²) in [5, 5.41) is 1.20. The van der Waals surface area contributed by atoms with Crippen molar-refractivity contribution in [1.82, 2.24) is 14.5 Å². The van der Waals surface area contributed by atoms with Crippen molar-refractivity contribution in [2.24, 2.45) is 7.05 Å². The first-order valence-electron chi connectivity index (χ1n) is 10.9. The zero-order valence-electron chi connectivity index (χ0n) is 17.7. The number of fused-ring (bicyclic) bond motifs is 4. The molecule has 0 spiro atoms. The highest BCUT2D eigenvalue weighted by Crippen LogP contribution is 2.33. The van der Waals surface area contributed by atoms with E-state index in [4.69, 9.17) is 9.97 Å². The number of para-hydroxylation sites is 1. The normalized spacial score (nSPS) is 15.6. The number of imidazole rings is 1. The van der Waals surface area contributed by atoms with E-state index in [0.717, 1.165) is 48.2 Å². The smallest absolute Gasteiger partial charge is 0.109 e. The molecule has 0 saturated carbocycles. The second-order valence-electron chi connectivity index (χ2n) is 8.13. The highest BCUT2D eigenvalue weighted by atomic mass is 15.1. The van der Waals surface area contributed by atoms with Gasteiger partial charge in [-0.05, 0) is 43.0 Å². The quantitative estimate of drug-likeness (QED) is 0.394. The highest BCUT2D eigenvalue weighted by Gasteiger charge is 2.18. The number of aryl methyl sites for hydroxylation is 3. The van der Waals surface area contributed by atoms with Gasteiger partial charge in [0.2, 0.25) is 0 Å². The van der Waals surface area contributed by atoms with Crippen molar-refractivity contribution >= 4 is 28.0 Å². The van der Waals surface area contributed by atoms with Gasteiger partial charge in [0.05, 0.1) is 16.6 Å². The number of hydrogen-bond acceptors (Lipinski definition) is 2. The zero-order chi connectivity index (χ0) is 20.5. The van der Waals surface area contributed by atoms with Crippen molar-refractivity contribution in [1.29, 1.82) is 0 Å². The third-order valence-electron chi connectivity index (χ3n) is 6.27. The molecule has 0 amide bonds. The van der Waals surface area contributed by atoms with Gasteiger partial charge in [-0.15, -0.1) is 0 Å². The Morgan fingerprint density at radius 2 is 1.83 bits per heavy atom. The summed E-state index contributed by atoms with van der Waals surface area (Å²) >= 11 is 0. The van der Waals surface area contributed by atoms with E-state index in [-0.39, 0.29) is 0 Å². The summed E-state index contributed by atoms with van der Waals surface area (Å²) in [5.74, 6) is 1.61. The van der Waals surface area contributed by atoms with Crippen molar-refractivity contribution in [2.75, 3.05) is 0 Å². The molecule has 2 aromatic heterocycles. The van der Waals surface area contributed by atoms with Crippen LogP contribution in [0.2, 0.25) is 0 Å². The maximum atomic E-state index is 5.08. The molecule has 30 heavy (non-hydrogen) atoms. The lowest BCUT2D eigenvalue weighted by atomic mass is 9.92. The molecule has 1 atom stereocenters. The van der Waals surface area contributed by atoms with Gasteiger partial charge in [0.15, 0.2) is 0 Å². The zero-order valence-corrected chi connectivity index (χ0v) is 17.7. The monoisotopic (exact) mass is 393 g/mol. The Labute approximate surface area is 177 Å². The molecule has 2 heterocycles. The Morgan fingerprint density at radius 1 is 0.933 bits per heavy atom. The first-order valence-corrected chi connectivity index (χ1v) is 10.9. The molecule has 0 bridgehead atoms. The van der Waals surface area contributed by atoms with Crippen LogP contribution in [0, 0.1) is 0 Å². The molecule has 2 aromatic carbocycles. The van der Waals surface area contributed by atoms with E-state index < -0.39 is 0 Å². The van der Waals surface area contributed by atoms with Gasteiger partial charge in [-0.2, -0.15) is 0 Å². The molecule has 0 radical (unpaired) electrons. The van der Waals surface area contributed by atoms with Crippen LogP contribution in [0.4, 0.5) is 0 Å². The fourth-order valence-electron chi connectivity index (χ4n) is 4.55. The molecule has 4 aromatic rings. The van der Waals surface area contributed by atoms with Gasteiger partial charge in [0.1, 0.15) is 5.82 Å². The van der Waals surface area contributed by atoms with Crippen LogP contribution in [0.15, 0.2) is 66.8 Å². The minimum atomic E-state index is 0.462. The first-order chi connectivity index (χ1) is 14.7. The van der Waals surface area contributed by atoms with Gasteiger partial charge in [-0.25, -0.2) is 4.98 Å². The summed E-state index contributed by atoms with van der Waals surface area (Å²) in [7, 11) is 2.14. The average molecular weight is 394 g/mol. The molecule has 150 valence electrons. The number of pyridine rings is 1. The third kappa shape index (κ3) is 3.35. The van der Waals surface area contributed by atoms with E-state index in [2.05, 4.69) is 91.4 Å². The molecule has 0 N–H and O–H groups in total. The molecule has 1 aliphatic rings. The number of allylic oxidation sites excluding steroid dienone is 3. The summed E-state index contributed by atoms with van der Waals surface area (Å²) < 4.78 is 2.26. The lowest BCUT2D eigenvalue weighted by Crippen LogP contribution is -2.00. The highest BCUT2D eigenvalue weighted by molar-refractivity contribution is 5.88. The fraction of sp³-hybridized carbons (Fsp3) is 0.259. The SMILES string of the molecule is CCC1C=CC=Cc2c1ccc1c2nc(CCCc2ccc3ccccc3n2)n1C. The lowest BCUT2D eigenvalue weighted by molar-refractivity contribution is 0.726. The molecular weight excluding hydrogens is 366 g/mol. The van der Waals surface area contributed by atoms with E-state index in [1.807, 2.05) is 0 Å². The molecule has 1 aliphatic carbocycles. The second kappa shape index (κ2) is 7.91. The maximum absolute atomic E-state index is 5.08. The predicted octanol–water partition coefficient (Wildman–Crippen LogP) is 6.37. The fourth-order valence-corrected chi connectivity index (χ4v) is 4.55. The van der Waals surface area contributed by atoms with E-state index in [1.54, 1.807) is 0 Å². The third-order valence-corrected chi connectivity index (χ3v) is 6.27. The van der Waals surface area contributed by atoms with Crippen LogP contribution >= 0.6 is 0 Å². The number of benzene rings is 2. The number of hydrogen-bond donors (Lipinski definition) is 0. The van der Waals surface area contributed by atoms with Crippen LogP contribution in [0.5, 0.6) is 0 Å². The van der Waals surface area contributed by atoms with Crippen molar-refractivity contribution in [3.05, 3.63) is 89.4 Å². The van der Waals surface area contributed by atoms with E-state index >= 15 is 0 Å². The van der Waals surface area contributed by atoms with Gasteiger partial charge < -0.3 is 4.57 Å². The Hall–Kier alpha value is -3.20. The van der Waals surface area contributed by atoms with Crippen molar-refractivity contribution in [2.45, 2.75) is 38.5 Å². The largest absolute Gasteiger partial charge is 0.331 e. The standard InChI is InChI=1S/C27H27N3/c1-3-19-9-4-6-12-23-22(19)17-18-25-27(23)29-26(30(25)2)14-8-11-21-16-15-20-10-5-7-13-24(20)28-21/h4-7,9-10,12-13,15-19H,3,8,11,14H2,1-2H3. The second-order valence-corrected chi connectivity index (χ2v) is 8.13. The predicted molar refractivity (Wildman–Crippen MR) is 126 cm³/mol. The minimum absolute atomic E-state index is 0.462. The van der Waals surface area contributed by atoms with Crippen molar-refractivity contribution in [3.8, 4) is 0 Å². The van der Waals surface area contributed by atoms with Crippen LogP contribution < -0.4 is 0 Å². The Balaban J connectivity index is 1.39. The molecule has 3 nitrogen and oxygen atoms in total. The summed E-state index contributed by atoms with van der Waals surface area (Å²) in [6, 6.07) is 17.2. The summed E-state index contributed by atoms with van der Waals surface area (Å²) in [6.07, 6.45) is 12.9. The van der Waals surface area contributed by atoms with Crippen LogP contribution in [0.3, 0.4) is 0 Å². The van der Waals surface area contributed by atoms with Crippen molar-refractivity contribution < 1.29 is 0 Å². The van der Waals surface area contributed by atoms with Crippen molar-refractivity contribution in [3.63, 3.8) is 0 Å². The van der Waals surface area contributed by atoms with E-state index in [1.165, 1.54) is 22.0 Å². The molecule has 1 unspecified atom stereocenters. The number of nitrogens with zero attached hydrogens (tertiary/aromatic N) is 3.